The van der Waals surface area contributed by atoms with E-state index in [2.05, 4.69) is 10.3 Å². The molecule has 0 bridgehead atoms. The molecule has 0 aromatic carbocycles. The van der Waals surface area contributed by atoms with Crippen molar-refractivity contribution in [3.8, 4) is 0 Å². The van der Waals surface area contributed by atoms with Crippen LogP contribution in [0.5, 0.6) is 0 Å². The number of aromatic nitrogens is 2. The number of hydrogen-bond acceptors (Lipinski definition) is 6. The molecule has 2 heterocycles. The van der Waals surface area contributed by atoms with Crippen molar-refractivity contribution in [2.45, 2.75) is 12.3 Å². The van der Waals surface area contributed by atoms with Crippen molar-refractivity contribution in [3.05, 3.63) is 33.1 Å². The molecular weight excluding hydrogens is 299 g/mol. The Kier molecular flexibility index (Phi) is 5.38. The molecule has 116 valence electrons. The molecule has 0 saturated carbocycles. The molecule has 2 rings (SSSR count). The standard InChI is InChI=1S/C11H17N4O5P/c1-14(2)21(18)19-7-8-5-12-6-10(20-8)15-4-3-9(16)13-11(15)17/h3-4,8,10,12H,5-7H2,1-2H3/p+1/t8-,10+/m0/s1. The maximum absolute atomic E-state index is 11.7. The van der Waals surface area contributed by atoms with Crippen LogP contribution < -0.4 is 16.6 Å². The lowest BCUT2D eigenvalue weighted by atomic mass is 10.3. The lowest BCUT2D eigenvalue weighted by Crippen LogP contribution is -2.47. The van der Waals surface area contributed by atoms with E-state index in [1.54, 1.807) is 14.1 Å². The number of ether oxygens (including phenoxy) is 1. The minimum absolute atomic E-state index is 0.148. The minimum atomic E-state index is -1.88. The van der Waals surface area contributed by atoms with Crippen LogP contribution in [0.15, 0.2) is 21.9 Å². The predicted molar refractivity (Wildman–Crippen MR) is 75.3 cm³/mol. The third-order valence-corrected chi connectivity index (χ3v) is 3.92. The molecule has 21 heavy (non-hydrogen) atoms. The van der Waals surface area contributed by atoms with Crippen LogP contribution in [0.25, 0.3) is 0 Å². The normalized spacial score (nSPS) is 23.3. The Balaban J connectivity index is 1.99. The van der Waals surface area contributed by atoms with Crippen molar-refractivity contribution in [3.63, 3.8) is 0 Å². The highest BCUT2D eigenvalue weighted by Crippen LogP contribution is 2.25. The van der Waals surface area contributed by atoms with Crippen molar-refractivity contribution in [2.75, 3.05) is 33.8 Å². The smallest absolute Gasteiger partial charge is 0.349 e. The number of nitrogens with zero attached hydrogens (tertiary/aromatic N) is 2. The molecule has 10 heteroatoms. The molecule has 0 radical (unpaired) electrons. The fourth-order valence-corrected chi connectivity index (χ4v) is 2.39. The van der Waals surface area contributed by atoms with Crippen LogP contribution in [-0.4, -0.2) is 54.1 Å². The van der Waals surface area contributed by atoms with Gasteiger partial charge in [0.2, 0.25) is 0 Å². The summed E-state index contributed by atoms with van der Waals surface area (Å²) in [6, 6.07) is 1.26. The van der Waals surface area contributed by atoms with Crippen molar-refractivity contribution in [1.82, 2.24) is 19.5 Å². The predicted octanol–water partition coefficient (Wildman–Crippen LogP) is -0.741. The zero-order valence-corrected chi connectivity index (χ0v) is 12.7. The Labute approximate surface area is 121 Å². The SMILES string of the molecule is CN(C)[P+](=O)OC[C@@H]1CNC[C@H](n2ccc(=O)[nH]c2=O)O1. The molecule has 2 N–H and O–H groups in total. The highest BCUT2D eigenvalue weighted by Gasteiger charge is 2.29. The molecule has 1 aliphatic heterocycles. The number of H-pyrrole nitrogens is 1. The maximum atomic E-state index is 11.7. The molecule has 0 spiro atoms. The average molecular weight is 317 g/mol. The third kappa shape index (κ3) is 4.29. The van der Waals surface area contributed by atoms with Gasteiger partial charge in [-0.05, 0) is 4.57 Å². The zero-order chi connectivity index (χ0) is 15.4. The van der Waals surface area contributed by atoms with Gasteiger partial charge in [0, 0.05) is 39.4 Å². The van der Waals surface area contributed by atoms with Gasteiger partial charge in [-0.3, -0.25) is 14.3 Å². The van der Waals surface area contributed by atoms with E-state index < -0.39 is 25.7 Å². The van der Waals surface area contributed by atoms with Gasteiger partial charge in [0.15, 0.2) is 6.23 Å². The van der Waals surface area contributed by atoms with E-state index >= 15 is 0 Å². The summed E-state index contributed by atoms with van der Waals surface area (Å²) in [5.74, 6) is 0. The van der Waals surface area contributed by atoms with E-state index in [9.17, 15) is 14.2 Å². The summed E-state index contributed by atoms with van der Waals surface area (Å²) >= 11 is 0. The average Bonchev–Trinajstić information content (AvgIpc) is 2.45. The van der Waals surface area contributed by atoms with Gasteiger partial charge in [0.05, 0.1) is 0 Å². The number of aromatic amines is 1. The van der Waals surface area contributed by atoms with E-state index in [1.807, 2.05) is 0 Å². The van der Waals surface area contributed by atoms with Crippen LogP contribution in [0.2, 0.25) is 0 Å². The summed E-state index contributed by atoms with van der Waals surface area (Å²) in [5.41, 5.74) is -0.988. The lowest BCUT2D eigenvalue weighted by Gasteiger charge is -2.30. The molecule has 1 aromatic heterocycles. The minimum Gasteiger partial charge on any atom is -0.349 e. The van der Waals surface area contributed by atoms with E-state index in [4.69, 9.17) is 9.26 Å². The molecule has 9 nitrogen and oxygen atoms in total. The van der Waals surface area contributed by atoms with Gasteiger partial charge in [-0.2, -0.15) is 0 Å². The highest BCUT2D eigenvalue weighted by molar-refractivity contribution is 7.36. The Morgan fingerprint density at radius 1 is 1.48 bits per heavy atom. The summed E-state index contributed by atoms with van der Waals surface area (Å²) in [6.45, 7) is 1.11. The maximum Gasteiger partial charge on any atom is 0.615 e. The van der Waals surface area contributed by atoms with E-state index in [-0.39, 0.29) is 12.7 Å². The summed E-state index contributed by atoms with van der Waals surface area (Å²) in [6.07, 6.45) is 0.507. The second-order valence-corrected chi connectivity index (χ2v) is 6.30. The van der Waals surface area contributed by atoms with Crippen molar-refractivity contribution in [2.24, 2.45) is 0 Å². The summed E-state index contributed by atoms with van der Waals surface area (Å²) in [4.78, 5) is 24.9. The van der Waals surface area contributed by atoms with Gasteiger partial charge in [-0.15, -0.1) is 4.52 Å². The fourth-order valence-electron chi connectivity index (χ4n) is 1.86. The van der Waals surface area contributed by atoms with Crippen LogP contribution >= 0.6 is 8.18 Å². The molecule has 1 aliphatic rings. The zero-order valence-electron chi connectivity index (χ0n) is 11.8. The molecule has 0 amide bonds. The fraction of sp³-hybridized carbons (Fsp3) is 0.636. The first kappa shape index (κ1) is 16.0. The number of hydrogen-bond donors (Lipinski definition) is 2. The second-order valence-electron chi connectivity index (χ2n) is 4.77. The van der Waals surface area contributed by atoms with Gasteiger partial charge < -0.3 is 10.1 Å². The molecule has 3 atom stereocenters. The number of nitrogens with one attached hydrogen (secondary N) is 2. The Hall–Kier alpha value is -1.38. The topological polar surface area (TPSA) is 106 Å². The van der Waals surface area contributed by atoms with Crippen LogP contribution in [0.4, 0.5) is 0 Å². The first-order chi connectivity index (χ1) is 9.97. The van der Waals surface area contributed by atoms with Crippen molar-refractivity contribution in [1.29, 1.82) is 0 Å². The molecule has 0 aliphatic carbocycles. The summed E-state index contributed by atoms with van der Waals surface area (Å²) in [7, 11) is 1.42. The first-order valence-corrected chi connectivity index (χ1v) is 7.55. The first-order valence-electron chi connectivity index (χ1n) is 6.42. The Bertz CT molecular complexity index is 613. The van der Waals surface area contributed by atoms with Crippen LogP contribution in [0, 0.1) is 0 Å². The van der Waals surface area contributed by atoms with Crippen molar-refractivity contribution >= 4 is 8.18 Å². The van der Waals surface area contributed by atoms with Gasteiger partial charge in [-0.1, -0.05) is 4.67 Å². The molecular formula is C11H18N4O5P+. The monoisotopic (exact) mass is 317 g/mol. The summed E-state index contributed by atoms with van der Waals surface area (Å²) < 4.78 is 25.2. The summed E-state index contributed by atoms with van der Waals surface area (Å²) in [5, 5.41) is 3.11. The number of rotatable bonds is 5. The van der Waals surface area contributed by atoms with Gasteiger partial charge in [0.1, 0.15) is 12.7 Å². The van der Waals surface area contributed by atoms with Gasteiger partial charge >= 0.3 is 13.9 Å². The van der Waals surface area contributed by atoms with Crippen LogP contribution in [0.1, 0.15) is 6.23 Å². The van der Waals surface area contributed by atoms with Crippen molar-refractivity contribution < 1.29 is 13.8 Å². The van der Waals surface area contributed by atoms with Crippen LogP contribution in [0.3, 0.4) is 0 Å². The molecule has 1 unspecified atom stereocenters. The molecule has 1 aromatic rings. The Morgan fingerprint density at radius 3 is 2.90 bits per heavy atom. The third-order valence-electron chi connectivity index (χ3n) is 2.90. The molecule has 1 fully saturated rings. The van der Waals surface area contributed by atoms with E-state index in [1.165, 1.54) is 21.5 Å². The van der Waals surface area contributed by atoms with Gasteiger partial charge in [-0.25, -0.2) is 4.79 Å². The number of morpholine rings is 1. The molecule has 1 saturated heterocycles. The highest BCUT2D eigenvalue weighted by atomic mass is 31.1. The van der Waals surface area contributed by atoms with Gasteiger partial charge in [0.25, 0.3) is 5.56 Å². The second kappa shape index (κ2) is 7.06. The lowest BCUT2D eigenvalue weighted by molar-refractivity contribution is -0.0929. The van der Waals surface area contributed by atoms with E-state index in [0.717, 1.165) is 0 Å². The quantitative estimate of drug-likeness (QED) is 0.689. The Morgan fingerprint density at radius 2 is 2.24 bits per heavy atom. The largest absolute Gasteiger partial charge is 0.615 e. The van der Waals surface area contributed by atoms with E-state index in [0.29, 0.717) is 13.1 Å². The van der Waals surface area contributed by atoms with Crippen LogP contribution in [-0.2, 0) is 13.8 Å².